The molecule has 0 saturated heterocycles. The van der Waals surface area contributed by atoms with E-state index in [2.05, 4.69) is 5.10 Å². The van der Waals surface area contributed by atoms with Gasteiger partial charge in [0.15, 0.2) is 5.78 Å². The van der Waals surface area contributed by atoms with Crippen LogP contribution in [0.2, 0.25) is 0 Å². The predicted octanol–water partition coefficient (Wildman–Crippen LogP) is 4.51. The normalized spacial score (nSPS) is 11.0. The maximum atomic E-state index is 12.6. The molecule has 1 aromatic heterocycles. The van der Waals surface area contributed by atoms with Crippen molar-refractivity contribution in [1.29, 1.82) is 0 Å². The van der Waals surface area contributed by atoms with Crippen LogP contribution in [0.5, 0.6) is 5.75 Å². The number of aryl methyl sites for hydroxylation is 2. The molecule has 1 heterocycles. The number of rotatable bonds is 6. The zero-order chi connectivity index (χ0) is 18.5. The van der Waals surface area contributed by atoms with E-state index >= 15 is 0 Å². The Morgan fingerprint density at radius 2 is 1.77 bits per heavy atom. The van der Waals surface area contributed by atoms with Gasteiger partial charge in [0.2, 0.25) is 0 Å². The second-order valence-corrected chi connectivity index (χ2v) is 6.18. The van der Waals surface area contributed by atoms with E-state index in [4.69, 9.17) is 4.74 Å². The van der Waals surface area contributed by atoms with Crippen LogP contribution in [0.15, 0.2) is 60.7 Å². The Labute approximate surface area is 153 Å². The molecule has 2 aromatic carbocycles. The zero-order valence-electron chi connectivity index (χ0n) is 15.3. The second kappa shape index (κ2) is 7.83. The molecule has 3 rings (SSSR count). The molecule has 0 unspecified atom stereocenters. The SMILES string of the molecule is Cc1nn(C)c(C)c1C(=O)/C=C/c1ccccc1OCc1ccccc1. The summed E-state index contributed by atoms with van der Waals surface area (Å²) in [5, 5.41) is 4.30. The van der Waals surface area contributed by atoms with Crippen molar-refractivity contribution in [2.24, 2.45) is 7.05 Å². The highest BCUT2D eigenvalue weighted by Crippen LogP contribution is 2.22. The molecule has 3 aromatic rings. The van der Waals surface area contributed by atoms with E-state index in [1.54, 1.807) is 16.8 Å². The molecule has 0 saturated carbocycles. The summed E-state index contributed by atoms with van der Waals surface area (Å²) in [6, 6.07) is 17.7. The van der Waals surface area contributed by atoms with Gasteiger partial charge in [-0.1, -0.05) is 48.5 Å². The third kappa shape index (κ3) is 3.91. The summed E-state index contributed by atoms with van der Waals surface area (Å²) in [6.45, 7) is 4.24. The maximum absolute atomic E-state index is 12.6. The van der Waals surface area contributed by atoms with Crippen LogP contribution in [-0.4, -0.2) is 15.6 Å². The lowest BCUT2D eigenvalue weighted by atomic mass is 10.1. The van der Waals surface area contributed by atoms with Gasteiger partial charge in [-0.3, -0.25) is 9.48 Å². The average Bonchev–Trinajstić information content (AvgIpc) is 2.91. The quantitative estimate of drug-likeness (QED) is 0.487. The number of carbonyl (C=O) groups is 1. The number of hydrogen-bond donors (Lipinski definition) is 0. The third-order valence-corrected chi connectivity index (χ3v) is 4.33. The van der Waals surface area contributed by atoms with Gasteiger partial charge in [0.25, 0.3) is 0 Å². The molecule has 0 bridgehead atoms. The monoisotopic (exact) mass is 346 g/mol. The van der Waals surface area contributed by atoms with E-state index in [-0.39, 0.29) is 5.78 Å². The fourth-order valence-corrected chi connectivity index (χ4v) is 2.86. The summed E-state index contributed by atoms with van der Waals surface area (Å²) in [4.78, 5) is 12.6. The topological polar surface area (TPSA) is 44.1 Å². The van der Waals surface area contributed by atoms with Gasteiger partial charge in [-0.25, -0.2) is 0 Å². The molecule has 0 aliphatic heterocycles. The Bertz CT molecular complexity index is 940. The van der Waals surface area contributed by atoms with Crippen molar-refractivity contribution in [1.82, 2.24) is 9.78 Å². The first kappa shape index (κ1) is 17.7. The number of carbonyl (C=O) groups excluding carboxylic acids is 1. The molecule has 0 fully saturated rings. The predicted molar refractivity (Wildman–Crippen MR) is 103 cm³/mol. The maximum Gasteiger partial charge on any atom is 0.189 e. The largest absolute Gasteiger partial charge is 0.488 e. The van der Waals surface area contributed by atoms with Crippen LogP contribution < -0.4 is 4.74 Å². The Morgan fingerprint density at radius 1 is 1.08 bits per heavy atom. The standard InChI is InChI=1S/C22H22N2O2/c1-16-22(17(2)24(3)23-16)20(25)14-13-19-11-7-8-12-21(19)26-15-18-9-5-4-6-10-18/h4-14H,15H2,1-3H3/b14-13+. The van der Waals surface area contributed by atoms with E-state index < -0.39 is 0 Å². The van der Waals surface area contributed by atoms with Gasteiger partial charge in [0.1, 0.15) is 12.4 Å². The van der Waals surface area contributed by atoms with Crippen molar-refractivity contribution >= 4 is 11.9 Å². The zero-order valence-corrected chi connectivity index (χ0v) is 15.3. The fourth-order valence-electron chi connectivity index (χ4n) is 2.86. The van der Waals surface area contributed by atoms with Crippen LogP contribution >= 0.6 is 0 Å². The molecule has 0 spiro atoms. The number of ether oxygens (including phenoxy) is 1. The number of nitrogens with zero attached hydrogens (tertiary/aromatic N) is 2. The molecular formula is C22H22N2O2. The molecular weight excluding hydrogens is 324 g/mol. The minimum atomic E-state index is -0.0500. The third-order valence-electron chi connectivity index (χ3n) is 4.33. The Morgan fingerprint density at radius 3 is 2.46 bits per heavy atom. The first-order valence-electron chi connectivity index (χ1n) is 8.54. The Hall–Kier alpha value is -3.14. The fraction of sp³-hybridized carbons (Fsp3) is 0.182. The molecule has 26 heavy (non-hydrogen) atoms. The average molecular weight is 346 g/mol. The van der Waals surface area contributed by atoms with E-state index in [9.17, 15) is 4.79 Å². The molecule has 0 radical (unpaired) electrons. The molecule has 0 amide bonds. The van der Waals surface area contributed by atoms with Gasteiger partial charge in [0, 0.05) is 18.3 Å². The minimum Gasteiger partial charge on any atom is -0.488 e. The van der Waals surface area contributed by atoms with Crippen LogP contribution in [0.3, 0.4) is 0 Å². The molecule has 4 heteroatoms. The van der Waals surface area contributed by atoms with Gasteiger partial charge in [-0.05, 0) is 37.6 Å². The Kier molecular flexibility index (Phi) is 5.32. The summed E-state index contributed by atoms with van der Waals surface area (Å²) in [7, 11) is 1.84. The number of ketones is 1. The van der Waals surface area contributed by atoms with Gasteiger partial charge < -0.3 is 4.74 Å². The number of aromatic nitrogens is 2. The van der Waals surface area contributed by atoms with Crippen molar-refractivity contribution < 1.29 is 9.53 Å². The van der Waals surface area contributed by atoms with Gasteiger partial charge in [-0.2, -0.15) is 5.10 Å². The van der Waals surface area contributed by atoms with Crippen LogP contribution in [0, 0.1) is 13.8 Å². The number of hydrogen-bond acceptors (Lipinski definition) is 3. The smallest absolute Gasteiger partial charge is 0.189 e. The van der Waals surface area contributed by atoms with Crippen molar-refractivity contribution in [3.8, 4) is 5.75 Å². The minimum absolute atomic E-state index is 0.0500. The van der Waals surface area contributed by atoms with Crippen molar-refractivity contribution in [3.05, 3.63) is 88.8 Å². The van der Waals surface area contributed by atoms with Gasteiger partial charge in [-0.15, -0.1) is 0 Å². The molecule has 4 nitrogen and oxygen atoms in total. The summed E-state index contributed by atoms with van der Waals surface area (Å²) in [6.07, 6.45) is 3.39. The molecule has 0 aliphatic carbocycles. The lowest BCUT2D eigenvalue weighted by Gasteiger charge is -2.09. The molecule has 0 N–H and O–H groups in total. The van der Waals surface area contributed by atoms with Crippen LogP contribution in [0.4, 0.5) is 0 Å². The highest BCUT2D eigenvalue weighted by atomic mass is 16.5. The van der Waals surface area contributed by atoms with E-state index in [1.165, 1.54) is 0 Å². The van der Waals surface area contributed by atoms with E-state index in [0.29, 0.717) is 12.2 Å². The number of para-hydroxylation sites is 1. The van der Waals surface area contributed by atoms with E-state index in [0.717, 1.165) is 28.3 Å². The van der Waals surface area contributed by atoms with Crippen molar-refractivity contribution in [2.75, 3.05) is 0 Å². The van der Waals surface area contributed by atoms with Crippen molar-refractivity contribution in [2.45, 2.75) is 20.5 Å². The first-order chi connectivity index (χ1) is 12.6. The van der Waals surface area contributed by atoms with Crippen molar-refractivity contribution in [3.63, 3.8) is 0 Å². The lowest BCUT2D eigenvalue weighted by Crippen LogP contribution is -2.00. The molecule has 132 valence electrons. The van der Waals surface area contributed by atoms with E-state index in [1.807, 2.05) is 75.5 Å². The summed E-state index contributed by atoms with van der Waals surface area (Å²) in [5.74, 6) is 0.700. The summed E-state index contributed by atoms with van der Waals surface area (Å²) < 4.78 is 7.66. The Balaban J connectivity index is 1.77. The molecule has 0 aliphatic rings. The number of allylic oxidation sites excluding steroid dienone is 1. The highest BCUT2D eigenvalue weighted by Gasteiger charge is 2.15. The van der Waals surface area contributed by atoms with Gasteiger partial charge in [0.05, 0.1) is 11.3 Å². The first-order valence-corrected chi connectivity index (χ1v) is 8.54. The lowest BCUT2D eigenvalue weighted by molar-refractivity contribution is 0.104. The van der Waals surface area contributed by atoms with Crippen LogP contribution in [-0.2, 0) is 13.7 Å². The van der Waals surface area contributed by atoms with Crippen LogP contribution in [0.1, 0.15) is 32.9 Å². The van der Waals surface area contributed by atoms with Crippen LogP contribution in [0.25, 0.3) is 6.08 Å². The molecule has 0 atom stereocenters. The second-order valence-electron chi connectivity index (χ2n) is 6.18. The summed E-state index contributed by atoms with van der Waals surface area (Å²) >= 11 is 0. The summed E-state index contributed by atoms with van der Waals surface area (Å²) in [5.41, 5.74) is 4.24. The highest BCUT2D eigenvalue weighted by molar-refractivity contribution is 6.08. The number of benzene rings is 2. The van der Waals surface area contributed by atoms with Gasteiger partial charge >= 0.3 is 0 Å².